The summed E-state index contributed by atoms with van der Waals surface area (Å²) in [6.07, 6.45) is 0.0155. The molecule has 0 radical (unpaired) electrons. The Morgan fingerprint density at radius 1 is 1.28 bits per heavy atom. The van der Waals surface area contributed by atoms with Crippen molar-refractivity contribution in [2.45, 2.75) is 33.2 Å². The zero-order valence-electron chi connectivity index (χ0n) is 15.9. The molecular formula is C21H19F3N2O3. The highest BCUT2D eigenvalue weighted by atomic mass is 19.4. The van der Waals surface area contributed by atoms with Gasteiger partial charge in [0.1, 0.15) is 23.9 Å². The van der Waals surface area contributed by atoms with E-state index in [2.05, 4.69) is 5.10 Å². The van der Waals surface area contributed by atoms with E-state index in [4.69, 9.17) is 9.15 Å². The largest absolute Gasteiger partial charge is 0.486 e. The number of hydrogen-bond acceptors (Lipinski definition) is 4. The zero-order chi connectivity index (χ0) is 21.0. The second-order valence-electron chi connectivity index (χ2n) is 6.28. The number of allylic oxidation sites excluding steroid dienone is 1. The van der Waals surface area contributed by atoms with Crippen LogP contribution in [0.1, 0.15) is 40.1 Å². The molecule has 152 valence electrons. The molecule has 0 aliphatic heterocycles. The molecule has 0 aliphatic carbocycles. The van der Waals surface area contributed by atoms with Gasteiger partial charge in [0.05, 0.1) is 17.3 Å². The van der Waals surface area contributed by atoms with Crippen molar-refractivity contribution in [3.05, 3.63) is 77.0 Å². The first-order valence-corrected chi connectivity index (χ1v) is 8.91. The van der Waals surface area contributed by atoms with Gasteiger partial charge >= 0.3 is 6.18 Å². The normalized spacial score (nSPS) is 11.9. The first-order chi connectivity index (χ1) is 13.8. The Bertz CT molecular complexity index is 1030. The van der Waals surface area contributed by atoms with Crippen LogP contribution in [0.4, 0.5) is 13.2 Å². The lowest BCUT2D eigenvalue weighted by atomic mass is 10.1. The summed E-state index contributed by atoms with van der Waals surface area (Å²) in [5.74, 6) is 0.748. The minimum atomic E-state index is -4.43. The number of hydrogen-bond donors (Lipinski definition) is 0. The lowest BCUT2D eigenvalue weighted by Gasteiger charge is -2.09. The molecule has 2 heterocycles. The summed E-state index contributed by atoms with van der Waals surface area (Å²) in [7, 11) is 0. The Kier molecular flexibility index (Phi) is 5.91. The van der Waals surface area contributed by atoms with Gasteiger partial charge in [0.25, 0.3) is 0 Å². The van der Waals surface area contributed by atoms with E-state index in [0.717, 1.165) is 17.8 Å². The first-order valence-electron chi connectivity index (χ1n) is 8.91. The summed E-state index contributed by atoms with van der Waals surface area (Å²) in [5.41, 5.74) is 0.526. The fourth-order valence-electron chi connectivity index (χ4n) is 2.73. The summed E-state index contributed by atoms with van der Waals surface area (Å²) >= 11 is 0. The number of aryl methyl sites for hydroxylation is 1. The minimum Gasteiger partial charge on any atom is -0.486 e. The van der Waals surface area contributed by atoms with Gasteiger partial charge in [-0.25, -0.2) is 0 Å². The van der Waals surface area contributed by atoms with Crippen molar-refractivity contribution in [3.63, 3.8) is 0 Å². The van der Waals surface area contributed by atoms with Crippen LogP contribution in [0.15, 0.2) is 53.1 Å². The predicted octanol–water partition coefficient (Wildman–Crippen LogP) is 5.30. The van der Waals surface area contributed by atoms with Crippen molar-refractivity contribution in [1.82, 2.24) is 9.78 Å². The van der Waals surface area contributed by atoms with Crippen LogP contribution in [0.25, 0.3) is 6.08 Å². The number of carbonyl (C=O) groups is 1. The second kappa shape index (κ2) is 8.38. The van der Waals surface area contributed by atoms with Gasteiger partial charge in [-0.05, 0) is 56.3 Å². The highest BCUT2D eigenvalue weighted by Crippen LogP contribution is 2.31. The zero-order valence-corrected chi connectivity index (χ0v) is 15.9. The van der Waals surface area contributed by atoms with Gasteiger partial charge in [0.2, 0.25) is 0 Å². The Morgan fingerprint density at radius 2 is 2.07 bits per heavy atom. The van der Waals surface area contributed by atoms with Gasteiger partial charge in [-0.15, -0.1) is 0 Å². The average molecular weight is 404 g/mol. The number of aromatic nitrogens is 2. The molecule has 0 amide bonds. The average Bonchev–Trinajstić information content (AvgIpc) is 3.30. The third-order valence-corrected chi connectivity index (χ3v) is 4.29. The van der Waals surface area contributed by atoms with Crippen molar-refractivity contribution in [1.29, 1.82) is 0 Å². The molecule has 0 aliphatic rings. The molecule has 0 spiro atoms. The number of ketones is 1. The van der Waals surface area contributed by atoms with Crippen LogP contribution in [0.3, 0.4) is 0 Å². The van der Waals surface area contributed by atoms with Crippen LogP contribution in [0, 0.1) is 6.92 Å². The highest BCUT2D eigenvalue weighted by Gasteiger charge is 2.30. The molecule has 3 aromatic rings. The van der Waals surface area contributed by atoms with E-state index in [-0.39, 0.29) is 18.1 Å². The van der Waals surface area contributed by atoms with E-state index < -0.39 is 11.7 Å². The molecule has 5 nitrogen and oxygen atoms in total. The molecule has 8 heteroatoms. The topological polar surface area (TPSA) is 57.3 Å². The fourth-order valence-corrected chi connectivity index (χ4v) is 2.73. The molecule has 0 saturated carbocycles. The van der Waals surface area contributed by atoms with E-state index >= 15 is 0 Å². The third kappa shape index (κ3) is 4.96. The Morgan fingerprint density at radius 3 is 2.76 bits per heavy atom. The minimum absolute atomic E-state index is 0.0362. The van der Waals surface area contributed by atoms with Crippen molar-refractivity contribution in [2.24, 2.45) is 0 Å². The van der Waals surface area contributed by atoms with E-state index in [1.54, 1.807) is 16.8 Å². The lowest BCUT2D eigenvalue weighted by molar-refractivity contribution is -0.137. The van der Waals surface area contributed by atoms with Crippen LogP contribution in [-0.2, 0) is 19.3 Å². The summed E-state index contributed by atoms with van der Waals surface area (Å²) in [6, 6.07) is 7.92. The molecule has 29 heavy (non-hydrogen) atoms. The van der Waals surface area contributed by atoms with E-state index in [1.807, 2.05) is 13.8 Å². The summed E-state index contributed by atoms with van der Waals surface area (Å²) in [6.45, 7) is 4.41. The molecule has 1 aromatic carbocycles. The van der Waals surface area contributed by atoms with Gasteiger partial charge < -0.3 is 9.15 Å². The molecular weight excluding hydrogens is 385 g/mol. The van der Waals surface area contributed by atoms with Crippen LogP contribution in [-0.4, -0.2) is 15.6 Å². The molecule has 0 saturated heterocycles. The SMILES string of the molecule is CCn1ncc(C(=O)/C=C/c2ccc(COc3cccc(C(F)(F)F)c3)o2)c1C. The number of benzene rings is 1. The number of rotatable bonds is 7. The Balaban J connectivity index is 1.61. The van der Waals surface area contributed by atoms with Crippen molar-refractivity contribution in [3.8, 4) is 5.75 Å². The predicted molar refractivity (Wildman–Crippen MR) is 100 cm³/mol. The summed E-state index contributed by atoms with van der Waals surface area (Å²) < 4.78 is 50.9. The maximum atomic E-state index is 12.7. The number of ether oxygens (including phenoxy) is 1. The molecule has 0 unspecified atom stereocenters. The van der Waals surface area contributed by atoms with Crippen LogP contribution >= 0.6 is 0 Å². The van der Waals surface area contributed by atoms with Crippen molar-refractivity contribution in [2.75, 3.05) is 0 Å². The molecule has 2 aromatic heterocycles. The summed E-state index contributed by atoms with van der Waals surface area (Å²) in [5, 5.41) is 4.14. The molecule has 0 atom stereocenters. The van der Waals surface area contributed by atoms with E-state index in [9.17, 15) is 18.0 Å². The molecule has 0 fully saturated rings. The molecule has 3 rings (SSSR count). The van der Waals surface area contributed by atoms with Gasteiger partial charge in [-0.3, -0.25) is 9.48 Å². The second-order valence-corrected chi connectivity index (χ2v) is 6.28. The van der Waals surface area contributed by atoms with E-state index in [1.165, 1.54) is 30.5 Å². The molecule has 0 bridgehead atoms. The van der Waals surface area contributed by atoms with Crippen LogP contribution in [0.5, 0.6) is 5.75 Å². The highest BCUT2D eigenvalue weighted by molar-refractivity contribution is 6.07. The van der Waals surface area contributed by atoms with Gasteiger partial charge in [0.15, 0.2) is 5.78 Å². The molecule has 0 N–H and O–H groups in total. The fraction of sp³-hybridized carbons (Fsp3) is 0.238. The van der Waals surface area contributed by atoms with Gasteiger partial charge in [0, 0.05) is 12.2 Å². The van der Waals surface area contributed by atoms with Gasteiger partial charge in [-0.2, -0.15) is 18.3 Å². The van der Waals surface area contributed by atoms with Crippen LogP contribution < -0.4 is 4.74 Å². The van der Waals surface area contributed by atoms with Crippen molar-refractivity contribution >= 4 is 11.9 Å². The van der Waals surface area contributed by atoms with Crippen molar-refractivity contribution < 1.29 is 27.1 Å². The number of halogens is 3. The van der Waals surface area contributed by atoms with E-state index in [0.29, 0.717) is 23.6 Å². The number of furan rings is 1. The quantitative estimate of drug-likeness (QED) is 0.396. The summed E-state index contributed by atoms with van der Waals surface area (Å²) in [4.78, 5) is 12.3. The number of alkyl halides is 3. The Hall–Kier alpha value is -3.29. The first kappa shape index (κ1) is 20.4. The standard InChI is InChI=1S/C21H19F3N2O3/c1-3-26-14(2)19(12-25-26)20(27)10-9-16-7-8-18(29-16)13-28-17-6-4-5-15(11-17)21(22,23)24/h4-12H,3,13H2,1-2H3/b10-9+. The lowest BCUT2D eigenvalue weighted by Crippen LogP contribution is -2.05. The third-order valence-electron chi connectivity index (χ3n) is 4.29. The van der Waals surface area contributed by atoms with Crippen LogP contribution in [0.2, 0.25) is 0 Å². The number of nitrogens with zero attached hydrogens (tertiary/aromatic N) is 2. The maximum Gasteiger partial charge on any atom is 0.416 e. The maximum absolute atomic E-state index is 12.7. The number of carbonyl (C=O) groups excluding carboxylic acids is 1. The monoisotopic (exact) mass is 404 g/mol. The smallest absolute Gasteiger partial charge is 0.416 e. The van der Waals surface area contributed by atoms with Gasteiger partial charge in [-0.1, -0.05) is 6.07 Å². The Labute approximate surface area is 165 Å².